The van der Waals surface area contributed by atoms with Crippen molar-refractivity contribution < 1.29 is 14.4 Å². The molecule has 6 heteroatoms. The monoisotopic (exact) mass is 383 g/mol. The van der Waals surface area contributed by atoms with Gasteiger partial charge in [-0.1, -0.05) is 43.5 Å². The quantitative estimate of drug-likeness (QED) is 0.581. The molecule has 1 unspecified atom stereocenters. The van der Waals surface area contributed by atoms with Gasteiger partial charge in [-0.15, -0.1) is 0 Å². The summed E-state index contributed by atoms with van der Waals surface area (Å²) in [5.74, 6) is 0.0635. The van der Waals surface area contributed by atoms with Crippen LogP contribution in [0.1, 0.15) is 62.5 Å². The van der Waals surface area contributed by atoms with Gasteiger partial charge >= 0.3 is 6.03 Å². The minimum absolute atomic E-state index is 0.0709. The van der Waals surface area contributed by atoms with Gasteiger partial charge in [0.1, 0.15) is 6.04 Å². The van der Waals surface area contributed by atoms with E-state index in [1.54, 1.807) is 4.90 Å². The van der Waals surface area contributed by atoms with Crippen LogP contribution >= 0.6 is 0 Å². The molecule has 1 saturated heterocycles. The Bertz CT molecular complexity index is 714. The third kappa shape index (κ3) is 3.91. The van der Waals surface area contributed by atoms with Gasteiger partial charge in [0.25, 0.3) is 5.91 Å². The summed E-state index contributed by atoms with van der Waals surface area (Å²) in [5.41, 5.74) is 2.30. The first-order valence-corrected chi connectivity index (χ1v) is 10.6. The first kappa shape index (κ1) is 19.0. The van der Waals surface area contributed by atoms with Crippen molar-refractivity contribution in [1.82, 2.24) is 15.1 Å². The molecular weight excluding hydrogens is 354 g/mol. The normalized spacial score (nSPS) is 21.8. The molecule has 0 radical (unpaired) electrons. The number of nitrogens with one attached hydrogen (secondary N) is 1. The zero-order valence-corrected chi connectivity index (χ0v) is 16.4. The Hall–Kier alpha value is -2.37. The number of carbonyl (C=O) groups is 3. The minimum atomic E-state index is -0.348. The van der Waals surface area contributed by atoms with Crippen LogP contribution in [0.4, 0.5) is 4.79 Å². The predicted octanol–water partition coefficient (Wildman–Crippen LogP) is 2.99. The van der Waals surface area contributed by atoms with Gasteiger partial charge in [0.2, 0.25) is 5.91 Å². The van der Waals surface area contributed by atoms with Crippen molar-refractivity contribution in [2.45, 2.75) is 76.4 Å². The van der Waals surface area contributed by atoms with Crippen molar-refractivity contribution in [2.24, 2.45) is 0 Å². The van der Waals surface area contributed by atoms with Gasteiger partial charge in [-0.25, -0.2) is 4.79 Å². The van der Waals surface area contributed by atoms with Crippen molar-refractivity contribution in [2.75, 3.05) is 6.54 Å². The number of hydrogen-bond acceptors (Lipinski definition) is 3. The zero-order valence-electron chi connectivity index (χ0n) is 16.4. The molecule has 1 saturated carbocycles. The molecule has 2 fully saturated rings. The van der Waals surface area contributed by atoms with Gasteiger partial charge in [-0.05, 0) is 36.8 Å². The molecule has 1 aliphatic carbocycles. The summed E-state index contributed by atoms with van der Waals surface area (Å²) >= 11 is 0. The SMILES string of the molecule is O=C(CCCCCN1C(=O)C2Cc3ccccc3CN2C1=O)NC1CCCC1. The lowest BCUT2D eigenvalue weighted by Crippen LogP contribution is -2.39. The average molecular weight is 383 g/mol. The van der Waals surface area contributed by atoms with E-state index in [9.17, 15) is 14.4 Å². The molecule has 4 amide bonds. The summed E-state index contributed by atoms with van der Waals surface area (Å²) in [6, 6.07) is 7.89. The molecule has 1 N–H and O–H groups in total. The lowest BCUT2D eigenvalue weighted by atomic mass is 9.95. The molecule has 2 heterocycles. The number of unbranched alkanes of at least 4 members (excludes halogenated alkanes) is 2. The van der Waals surface area contributed by atoms with Crippen molar-refractivity contribution in [3.05, 3.63) is 35.4 Å². The highest BCUT2D eigenvalue weighted by molar-refractivity contribution is 6.04. The van der Waals surface area contributed by atoms with E-state index in [0.29, 0.717) is 32.0 Å². The van der Waals surface area contributed by atoms with Crippen LogP contribution in [0.15, 0.2) is 24.3 Å². The number of urea groups is 1. The van der Waals surface area contributed by atoms with Gasteiger partial charge < -0.3 is 10.2 Å². The molecule has 6 nitrogen and oxygen atoms in total. The summed E-state index contributed by atoms with van der Waals surface area (Å²) in [7, 11) is 0. The largest absolute Gasteiger partial charge is 0.353 e. The second-order valence-corrected chi connectivity index (χ2v) is 8.25. The van der Waals surface area contributed by atoms with Gasteiger partial charge in [-0.3, -0.25) is 14.5 Å². The first-order chi connectivity index (χ1) is 13.6. The summed E-state index contributed by atoms with van der Waals surface area (Å²) in [4.78, 5) is 40.5. The molecular formula is C22H29N3O3. The van der Waals surface area contributed by atoms with Crippen LogP contribution in [0, 0.1) is 0 Å². The van der Waals surface area contributed by atoms with E-state index in [1.807, 2.05) is 24.3 Å². The molecule has 28 heavy (non-hydrogen) atoms. The van der Waals surface area contributed by atoms with E-state index in [2.05, 4.69) is 5.32 Å². The second kappa shape index (κ2) is 8.33. The van der Waals surface area contributed by atoms with Crippen molar-refractivity contribution in [3.8, 4) is 0 Å². The number of imide groups is 1. The molecule has 150 valence electrons. The molecule has 2 aliphatic heterocycles. The van der Waals surface area contributed by atoms with Gasteiger partial charge in [0.05, 0.1) is 0 Å². The van der Waals surface area contributed by atoms with E-state index in [0.717, 1.165) is 37.7 Å². The van der Waals surface area contributed by atoms with Crippen LogP contribution in [0.5, 0.6) is 0 Å². The Morgan fingerprint density at radius 3 is 2.57 bits per heavy atom. The summed E-state index contributed by atoms with van der Waals surface area (Å²) in [5, 5.41) is 3.10. The van der Waals surface area contributed by atoms with Crippen LogP contribution < -0.4 is 5.32 Å². The van der Waals surface area contributed by atoms with Crippen LogP contribution in [0.25, 0.3) is 0 Å². The Labute approximate surface area is 166 Å². The average Bonchev–Trinajstić information content (AvgIpc) is 3.28. The van der Waals surface area contributed by atoms with Crippen molar-refractivity contribution >= 4 is 17.8 Å². The summed E-state index contributed by atoms with van der Waals surface area (Å²) in [6.45, 7) is 0.967. The number of rotatable bonds is 7. The zero-order chi connectivity index (χ0) is 19.5. The molecule has 0 bridgehead atoms. The van der Waals surface area contributed by atoms with Gasteiger partial charge in [0.15, 0.2) is 0 Å². The van der Waals surface area contributed by atoms with Gasteiger partial charge in [-0.2, -0.15) is 0 Å². The van der Waals surface area contributed by atoms with Crippen LogP contribution in [-0.4, -0.2) is 46.3 Å². The highest BCUT2D eigenvalue weighted by atomic mass is 16.2. The fraction of sp³-hybridized carbons (Fsp3) is 0.591. The fourth-order valence-corrected chi connectivity index (χ4v) is 4.68. The lowest BCUT2D eigenvalue weighted by molar-refractivity contribution is -0.128. The first-order valence-electron chi connectivity index (χ1n) is 10.6. The number of amides is 4. The second-order valence-electron chi connectivity index (χ2n) is 8.25. The Morgan fingerprint density at radius 2 is 1.79 bits per heavy atom. The molecule has 3 aliphatic rings. The Balaban J connectivity index is 1.21. The maximum Gasteiger partial charge on any atom is 0.327 e. The molecule has 1 aromatic rings. The molecule has 0 aromatic heterocycles. The van der Waals surface area contributed by atoms with E-state index in [4.69, 9.17) is 0 Å². The molecule has 0 spiro atoms. The maximum atomic E-state index is 12.7. The smallest absolute Gasteiger partial charge is 0.327 e. The fourth-order valence-electron chi connectivity index (χ4n) is 4.68. The minimum Gasteiger partial charge on any atom is -0.353 e. The van der Waals surface area contributed by atoms with Crippen LogP contribution in [0.2, 0.25) is 0 Å². The maximum absolute atomic E-state index is 12.7. The molecule has 1 atom stereocenters. The predicted molar refractivity (Wildman–Crippen MR) is 105 cm³/mol. The van der Waals surface area contributed by atoms with E-state index in [-0.39, 0.29) is 23.9 Å². The number of carbonyl (C=O) groups excluding carboxylic acids is 3. The number of fused-ring (bicyclic) bond motifs is 2. The van der Waals surface area contributed by atoms with Crippen LogP contribution in [-0.2, 0) is 22.6 Å². The van der Waals surface area contributed by atoms with E-state index in [1.165, 1.54) is 23.3 Å². The highest BCUT2D eigenvalue weighted by Crippen LogP contribution is 2.30. The number of benzene rings is 1. The van der Waals surface area contributed by atoms with Crippen molar-refractivity contribution in [3.63, 3.8) is 0 Å². The standard InChI is InChI=1S/C22H29N3O3/c26-20(23-18-10-5-6-11-18)12-2-1-7-13-24-21(27)19-14-16-8-3-4-9-17(16)15-25(19)22(24)28/h3-4,8-9,18-19H,1-2,5-7,10-15H2,(H,23,26). The van der Waals surface area contributed by atoms with E-state index >= 15 is 0 Å². The third-order valence-electron chi connectivity index (χ3n) is 6.28. The number of hydrogen-bond donors (Lipinski definition) is 1. The van der Waals surface area contributed by atoms with E-state index < -0.39 is 0 Å². The number of nitrogens with zero attached hydrogens (tertiary/aromatic N) is 2. The van der Waals surface area contributed by atoms with Crippen molar-refractivity contribution in [1.29, 1.82) is 0 Å². The lowest BCUT2D eigenvalue weighted by Gasteiger charge is -2.28. The third-order valence-corrected chi connectivity index (χ3v) is 6.28. The van der Waals surface area contributed by atoms with Crippen LogP contribution in [0.3, 0.4) is 0 Å². The summed E-state index contributed by atoms with van der Waals surface area (Å²) in [6.07, 6.45) is 8.17. The topological polar surface area (TPSA) is 69.7 Å². The summed E-state index contributed by atoms with van der Waals surface area (Å²) < 4.78 is 0. The van der Waals surface area contributed by atoms with Gasteiger partial charge in [0, 0.05) is 32.0 Å². The molecule has 4 rings (SSSR count). The molecule has 1 aromatic carbocycles. The Morgan fingerprint density at radius 1 is 1.04 bits per heavy atom. The highest BCUT2D eigenvalue weighted by Gasteiger charge is 2.46. The Kier molecular flexibility index (Phi) is 5.64.